The van der Waals surface area contributed by atoms with Gasteiger partial charge in [-0.15, -0.1) is 0 Å². The second kappa shape index (κ2) is 5.87. The van der Waals surface area contributed by atoms with Gasteiger partial charge in [-0.25, -0.2) is 4.39 Å². The Labute approximate surface area is 114 Å². The fourth-order valence-electron chi connectivity index (χ4n) is 2.16. The minimum Gasteiger partial charge on any atom is -0.378 e. The van der Waals surface area contributed by atoms with Gasteiger partial charge < -0.3 is 5.32 Å². The summed E-state index contributed by atoms with van der Waals surface area (Å²) in [5.74, 6) is -0.202. The number of aryl methyl sites for hydroxylation is 2. The summed E-state index contributed by atoms with van der Waals surface area (Å²) in [6, 6.07) is 13.5. The maximum Gasteiger partial charge on any atom is 0.125 e. The highest BCUT2D eigenvalue weighted by atomic mass is 19.1. The van der Waals surface area contributed by atoms with Crippen LogP contribution in [0.2, 0.25) is 0 Å². The molecule has 0 amide bonds. The highest BCUT2D eigenvalue weighted by Gasteiger charge is 2.10. The van der Waals surface area contributed by atoms with Gasteiger partial charge in [0.25, 0.3) is 0 Å². The van der Waals surface area contributed by atoms with E-state index < -0.39 is 0 Å². The molecule has 2 rings (SSSR count). The third-order valence-electron chi connectivity index (χ3n) is 3.42. The molecule has 0 saturated carbocycles. The van der Waals surface area contributed by atoms with Crippen molar-refractivity contribution >= 4 is 5.69 Å². The normalized spacial score (nSPS) is 12.2. The Balaban J connectivity index is 2.23. The number of hydrogen-bond acceptors (Lipinski definition) is 1. The molecule has 100 valence electrons. The molecule has 0 spiro atoms. The molecule has 0 fully saturated rings. The maximum absolute atomic E-state index is 13.3. The topological polar surface area (TPSA) is 12.0 Å². The van der Waals surface area contributed by atoms with E-state index in [0.29, 0.717) is 0 Å². The predicted octanol–water partition coefficient (Wildman–Crippen LogP) is 5.01. The first kappa shape index (κ1) is 13.6. The largest absolute Gasteiger partial charge is 0.378 e. The Morgan fingerprint density at radius 3 is 2.37 bits per heavy atom. The van der Waals surface area contributed by atoms with Crippen LogP contribution in [0.4, 0.5) is 10.1 Å². The average molecular weight is 257 g/mol. The van der Waals surface area contributed by atoms with Crippen molar-refractivity contribution in [2.75, 3.05) is 5.32 Å². The van der Waals surface area contributed by atoms with Crippen LogP contribution in [-0.4, -0.2) is 0 Å². The number of benzene rings is 2. The summed E-state index contributed by atoms with van der Waals surface area (Å²) in [4.78, 5) is 0. The fraction of sp³-hybridized carbons (Fsp3) is 0.294. The molecule has 1 N–H and O–H groups in total. The van der Waals surface area contributed by atoms with Crippen molar-refractivity contribution in [2.45, 2.75) is 33.2 Å². The molecule has 1 atom stereocenters. The number of nitrogens with one attached hydrogen (secondary N) is 1. The third kappa shape index (κ3) is 3.34. The summed E-state index contributed by atoms with van der Waals surface area (Å²) in [5, 5.41) is 3.43. The van der Waals surface area contributed by atoms with Crippen molar-refractivity contribution in [3.05, 3.63) is 65.0 Å². The highest BCUT2D eigenvalue weighted by Crippen LogP contribution is 2.25. The van der Waals surface area contributed by atoms with Crippen LogP contribution in [0.3, 0.4) is 0 Å². The van der Waals surface area contributed by atoms with Crippen LogP contribution >= 0.6 is 0 Å². The first-order chi connectivity index (χ1) is 9.10. The van der Waals surface area contributed by atoms with E-state index in [9.17, 15) is 4.39 Å². The van der Waals surface area contributed by atoms with Crippen molar-refractivity contribution in [1.82, 2.24) is 0 Å². The molecule has 0 heterocycles. The molecule has 0 aliphatic heterocycles. The SMILES string of the molecule is CCC(Nc1cc(F)ccc1C)c1ccc(C)cc1. The van der Waals surface area contributed by atoms with Gasteiger partial charge in [0.2, 0.25) is 0 Å². The number of anilines is 1. The zero-order valence-corrected chi connectivity index (χ0v) is 11.7. The molecular formula is C17H20FN. The van der Waals surface area contributed by atoms with Crippen LogP contribution in [0.1, 0.15) is 36.1 Å². The van der Waals surface area contributed by atoms with Gasteiger partial charge in [-0.2, -0.15) is 0 Å². The lowest BCUT2D eigenvalue weighted by Crippen LogP contribution is -2.10. The summed E-state index contributed by atoms with van der Waals surface area (Å²) >= 11 is 0. The molecule has 0 bridgehead atoms. The van der Waals surface area contributed by atoms with Gasteiger partial charge in [-0.1, -0.05) is 42.8 Å². The lowest BCUT2D eigenvalue weighted by molar-refractivity contribution is 0.627. The molecule has 0 saturated heterocycles. The highest BCUT2D eigenvalue weighted by molar-refractivity contribution is 5.52. The van der Waals surface area contributed by atoms with E-state index in [1.807, 2.05) is 6.92 Å². The van der Waals surface area contributed by atoms with E-state index in [2.05, 4.69) is 43.4 Å². The first-order valence-corrected chi connectivity index (χ1v) is 6.69. The molecular weight excluding hydrogens is 237 g/mol. The minimum absolute atomic E-state index is 0.202. The molecule has 1 nitrogen and oxygen atoms in total. The minimum atomic E-state index is -0.202. The van der Waals surface area contributed by atoms with Crippen molar-refractivity contribution < 1.29 is 4.39 Å². The van der Waals surface area contributed by atoms with Crippen molar-refractivity contribution in [3.63, 3.8) is 0 Å². The van der Waals surface area contributed by atoms with E-state index in [-0.39, 0.29) is 11.9 Å². The predicted molar refractivity (Wildman–Crippen MR) is 79.0 cm³/mol. The summed E-state index contributed by atoms with van der Waals surface area (Å²) in [6.07, 6.45) is 0.957. The second-order valence-corrected chi connectivity index (χ2v) is 4.98. The van der Waals surface area contributed by atoms with Gasteiger partial charge in [0, 0.05) is 5.69 Å². The molecule has 0 aliphatic carbocycles. The Bertz CT molecular complexity index is 546. The third-order valence-corrected chi connectivity index (χ3v) is 3.42. The van der Waals surface area contributed by atoms with E-state index in [0.717, 1.165) is 17.7 Å². The Hall–Kier alpha value is -1.83. The van der Waals surface area contributed by atoms with Gasteiger partial charge in [0.1, 0.15) is 5.82 Å². The number of halogens is 1. The monoisotopic (exact) mass is 257 g/mol. The van der Waals surface area contributed by atoms with Crippen molar-refractivity contribution in [3.8, 4) is 0 Å². The van der Waals surface area contributed by atoms with E-state index >= 15 is 0 Å². The van der Waals surface area contributed by atoms with Crippen molar-refractivity contribution in [2.24, 2.45) is 0 Å². The van der Waals surface area contributed by atoms with E-state index in [1.54, 1.807) is 12.1 Å². The van der Waals surface area contributed by atoms with Gasteiger partial charge in [-0.3, -0.25) is 0 Å². The molecule has 1 unspecified atom stereocenters. The summed E-state index contributed by atoms with van der Waals surface area (Å²) in [7, 11) is 0. The van der Waals surface area contributed by atoms with Crippen LogP contribution in [-0.2, 0) is 0 Å². The maximum atomic E-state index is 13.3. The number of rotatable bonds is 4. The zero-order valence-electron chi connectivity index (χ0n) is 11.7. The Morgan fingerprint density at radius 2 is 1.74 bits per heavy atom. The summed E-state index contributed by atoms with van der Waals surface area (Å²) < 4.78 is 13.3. The Morgan fingerprint density at radius 1 is 1.05 bits per heavy atom. The summed E-state index contributed by atoms with van der Waals surface area (Å²) in [5.41, 5.74) is 4.41. The number of hydrogen-bond donors (Lipinski definition) is 1. The van der Waals surface area contributed by atoms with E-state index in [4.69, 9.17) is 0 Å². The van der Waals surface area contributed by atoms with Crippen LogP contribution < -0.4 is 5.32 Å². The molecule has 2 aromatic carbocycles. The lowest BCUT2D eigenvalue weighted by Gasteiger charge is -2.20. The van der Waals surface area contributed by atoms with E-state index in [1.165, 1.54) is 17.2 Å². The van der Waals surface area contributed by atoms with Gasteiger partial charge in [-0.05, 0) is 43.5 Å². The van der Waals surface area contributed by atoms with Crippen LogP contribution in [0.25, 0.3) is 0 Å². The molecule has 0 aromatic heterocycles. The zero-order chi connectivity index (χ0) is 13.8. The average Bonchev–Trinajstić information content (AvgIpc) is 2.41. The first-order valence-electron chi connectivity index (χ1n) is 6.69. The van der Waals surface area contributed by atoms with Crippen LogP contribution in [0.5, 0.6) is 0 Å². The fourth-order valence-corrected chi connectivity index (χ4v) is 2.16. The smallest absolute Gasteiger partial charge is 0.125 e. The molecule has 0 aliphatic rings. The quantitative estimate of drug-likeness (QED) is 0.812. The Kier molecular flexibility index (Phi) is 4.20. The second-order valence-electron chi connectivity index (χ2n) is 4.98. The lowest BCUT2D eigenvalue weighted by atomic mass is 10.0. The molecule has 0 radical (unpaired) electrons. The van der Waals surface area contributed by atoms with Crippen molar-refractivity contribution in [1.29, 1.82) is 0 Å². The standard InChI is InChI=1S/C17H20FN/c1-4-16(14-8-5-12(2)6-9-14)19-17-11-15(18)10-7-13(17)3/h5-11,16,19H,4H2,1-3H3. The van der Waals surface area contributed by atoms with Gasteiger partial charge >= 0.3 is 0 Å². The van der Waals surface area contributed by atoms with Crippen LogP contribution in [0.15, 0.2) is 42.5 Å². The van der Waals surface area contributed by atoms with Gasteiger partial charge in [0.05, 0.1) is 6.04 Å². The molecule has 2 heteroatoms. The molecule has 2 aromatic rings. The van der Waals surface area contributed by atoms with Gasteiger partial charge in [0.15, 0.2) is 0 Å². The van der Waals surface area contributed by atoms with Crippen LogP contribution in [0, 0.1) is 19.7 Å². The summed E-state index contributed by atoms with van der Waals surface area (Å²) in [6.45, 7) is 6.20. The molecule has 19 heavy (non-hydrogen) atoms.